The number of aryl methyl sites for hydroxylation is 1. The van der Waals surface area contributed by atoms with Crippen molar-refractivity contribution in [2.24, 2.45) is 0 Å². The van der Waals surface area contributed by atoms with Gasteiger partial charge < -0.3 is 19.8 Å². The van der Waals surface area contributed by atoms with Gasteiger partial charge in [-0.2, -0.15) is 0 Å². The van der Waals surface area contributed by atoms with Crippen molar-refractivity contribution < 1.29 is 9.15 Å². The second-order valence-electron chi connectivity index (χ2n) is 4.68. The van der Waals surface area contributed by atoms with E-state index in [1.54, 1.807) is 6.26 Å². The van der Waals surface area contributed by atoms with Crippen molar-refractivity contribution in [2.75, 3.05) is 18.5 Å². The Bertz CT molecular complexity index is 555. The van der Waals surface area contributed by atoms with Crippen LogP contribution in [0.4, 0.5) is 5.69 Å². The minimum atomic E-state index is 0.513. The third kappa shape index (κ3) is 5.57. The number of anilines is 1. The summed E-state index contributed by atoms with van der Waals surface area (Å²) in [6.45, 7) is 4.00. The predicted molar refractivity (Wildman–Crippen MR) is 88.4 cm³/mol. The monoisotopic (exact) mass is 304 g/mol. The van der Waals surface area contributed by atoms with E-state index in [0.29, 0.717) is 18.3 Å². The molecule has 2 rings (SSSR count). The SMILES string of the molecule is Cc1ccccc1NC(=S)NCCCOCc1ccco1. The Kier molecular flexibility index (Phi) is 6.24. The van der Waals surface area contributed by atoms with Gasteiger partial charge in [-0.05, 0) is 49.3 Å². The molecule has 0 bridgehead atoms. The highest BCUT2D eigenvalue weighted by Crippen LogP contribution is 2.12. The molecule has 2 N–H and O–H groups in total. The van der Waals surface area contributed by atoms with Crippen LogP contribution < -0.4 is 10.6 Å². The minimum absolute atomic E-state index is 0.513. The highest BCUT2D eigenvalue weighted by atomic mass is 32.1. The Morgan fingerprint density at radius 2 is 2.10 bits per heavy atom. The fourth-order valence-electron chi connectivity index (χ4n) is 1.82. The first-order valence-electron chi connectivity index (χ1n) is 6.96. The summed E-state index contributed by atoms with van der Waals surface area (Å²) in [5.74, 6) is 0.847. The normalized spacial score (nSPS) is 10.3. The summed E-state index contributed by atoms with van der Waals surface area (Å²) in [6, 6.07) is 11.8. The van der Waals surface area contributed by atoms with Gasteiger partial charge in [0, 0.05) is 18.8 Å². The van der Waals surface area contributed by atoms with Crippen LogP contribution in [0.25, 0.3) is 0 Å². The molecule has 0 radical (unpaired) electrons. The first-order chi connectivity index (χ1) is 10.3. The molecule has 1 aromatic carbocycles. The summed E-state index contributed by atoms with van der Waals surface area (Å²) in [5.41, 5.74) is 2.20. The molecule has 0 aliphatic heterocycles. The highest BCUT2D eigenvalue weighted by Gasteiger charge is 2.00. The van der Waals surface area contributed by atoms with E-state index in [0.717, 1.165) is 24.4 Å². The predicted octanol–water partition coefficient (Wildman–Crippen LogP) is 3.48. The number of benzene rings is 1. The van der Waals surface area contributed by atoms with Gasteiger partial charge in [0.25, 0.3) is 0 Å². The molecule has 0 amide bonds. The number of thiocarbonyl (C=S) groups is 1. The topological polar surface area (TPSA) is 46.4 Å². The second-order valence-corrected chi connectivity index (χ2v) is 5.09. The summed E-state index contributed by atoms with van der Waals surface area (Å²) in [4.78, 5) is 0. The van der Waals surface area contributed by atoms with Gasteiger partial charge in [0.1, 0.15) is 12.4 Å². The van der Waals surface area contributed by atoms with Gasteiger partial charge in [0.15, 0.2) is 5.11 Å². The lowest BCUT2D eigenvalue weighted by atomic mass is 10.2. The number of furan rings is 1. The molecule has 0 spiro atoms. The molecule has 0 aliphatic rings. The van der Waals surface area contributed by atoms with Crippen molar-refractivity contribution >= 4 is 23.0 Å². The van der Waals surface area contributed by atoms with E-state index in [9.17, 15) is 0 Å². The molecule has 2 aromatic rings. The van der Waals surface area contributed by atoms with Crippen molar-refractivity contribution in [3.8, 4) is 0 Å². The van der Waals surface area contributed by atoms with Crippen LogP contribution in [-0.2, 0) is 11.3 Å². The zero-order valence-corrected chi connectivity index (χ0v) is 12.9. The molecule has 4 nitrogen and oxygen atoms in total. The number of rotatable bonds is 7. The molecule has 0 saturated carbocycles. The lowest BCUT2D eigenvalue weighted by molar-refractivity contribution is 0.105. The van der Waals surface area contributed by atoms with E-state index in [2.05, 4.69) is 10.6 Å². The molecule has 0 aliphatic carbocycles. The summed E-state index contributed by atoms with van der Waals surface area (Å²) in [7, 11) is 0. The smallest absolute Gasteiger partial charge is 0.170 e. The zero-order valence-electron chi connectivity index (χ0n) is 12.1. The third-order valence-corrected chi connectivity index (χ3v) is 3.22. The number of ether oxygens (including phenoxy) is 1. The Balaban J connectivity index is 1.56. The summed E-state index contributed by atoms with van der Waals surface area (Å²) < 4.78 is 10.7. The summed E-state index contributed by atoms with van der Waals surface area (Å²) in [6.07, 6.45) is 2.53. The van der Waals surface area contributed by atoms with Crippen molar-refractivity contribution in [1.82, 2.24) is 5.32 Å². The largest absolute Gasteiger partial charge is 0.467 e. The standard InChI is InChI=1S/C16H20N2O2S/c1-13-6-2-3-8-15(13)18-16(21)17-9-5-10-19-12-14-7-4-11-20-14/h2-4,6-8,11H,5,9-10,12H2,1H3,(H2,17,18,21). The first-order valence-corrected chi connectivity index (χ1v) is 7.37. The number of para-hydroxylation sites is 1. The first kappa shape index (κ1) is 15.5. The fourth-order valence-corrected chi connectivity index (χ4v) is 2.04. The van der Waals surface area contributed by atoms with Crippen LogP contribution in [0.5, 0.6) is 0 Å². The van der Waals surface area contributed by atoms with Crippen molar-refractivity contribution in [3.05, 3.63) is 54.0 Å². The quantitative estimate of drug-likeness (QED) is 0.606. The Hall–Kier alpha value is -1.85. The molecule has 112 valence electrons. The van der Waals surface area contributed by atoms with Crippen molar-refractivity contribution in [2.45, 2.75) is 20.0 Å². The second kappa shape index (κ2) is 8.44. The van der Waals surface area contributed by atoms with Crippen LogP contribution >= 0.6 is 12.2 Å². The maximum Gasteiger partial charge on any atom is 0.170 e. The molecule has 5 heteroatoms. The van der Waals surface area contributed by atoms with Gasteiger partial charge >= 0.3 is 0 Å². The molecule has 0 unspecified atom stereocenters. The average molecular weight is 304 g/mol. The number of hydrogen-bond acceptors (Lipinski definition) is 3. The van der Waals surface area contributed by atoms with Crippen LogP contribution in [0.15, 0.2) is 47.1 Å². The van der Waals surface area contributed by atoms with E-state index in [1.165, 1.54) is 5.56 Å². The molecule has 0 saturated heterocycles. The van der Waals surface area contributed by atoms with E-state index in [4.69, 9.17) is 21.4 Å². The zero-order chi connectivity index (χ0) is 14.9. The van der Waals surface area contributed by atoms with Crippen LogP contribution in [0, 0.1) is 6.92 Å². The lowest BCUT2D eigenvalue weighted by Gasteiger charge is -2.12. The number of hydrogen-bond donors (Lipinski definition) is 2. The van der Waals surface area contributed by atoms with E-state index >= 15 is 0 Å². The van der Waals surface area contributed by atoms with Gasteiger partial charge in [-0.1, -0.05) is 18.2 Å². The minimum Gasteiger partial charge on any atom is -0.467 e. The van der Waals surface area contributed by atoms with E-state index in [-0.39, 0.29) is 0 Å². The van der Waals surface area contributed by atoms with Gasteiger partial charge in [-0.3, -0.25) is 0 Å². The molecule has 0 fully saturated rings. The summed E-state index contributed by atoms with van der Waals surface area (Å²) >= 11 is 5.26. The number of nitrogens with one attached hydrogen (secondary N) is 2. The fraction of sp³-hybridized carbons (Fsp3) is 0.312. The lowest BCUT2D eigenvalue weighted by Crippen LogP contribution is -2.30. The molecule has 1 aromatic heterocycles. The van der Waals surface area contributed by atoms with Gasteiger partial charge in [0.05, 0.1) is 6.26 Å². The van der Waals surface area contributed by atoms with Crippen molar-refractivity contribution in [3.63, 3.8) is 0 Å². The Morgan fingerprint density at radius 3 is 2.86 bits per heavy atom. The molecular formula is C16H20N2O2S. The summed E-state index contributed by atoms with van der Waals surface area (Å²) in [5, 5.41) is 6.99. The Labute approximate surface area is 130 Å². The van der Waals surface area contributed by atoms with E-state index < -0.39 is 0 Å². The van der Waals surface area contributed by atoms with Crippen molar-refractivity contribution in [1.29, 1.82) is 0 Å². The van der Waals surface area contributed by atoms with Crippen LogP contribution in [0.1, 0.15) is 17.7 Å². The maximum atomic E-state index is 5.50. The van der Waals surface area contributed by atoms with Gasteiger partial charge in [-0.15, -0.1) is 0 Å². The van der Waals surface area contributed by atoms with E-state index in [1.807, 2.05) is 43.3 Å². The molecule has 0 atom stereocenters. The van der Waals surface area contributed by atoms with Gasteiger partial charge in [0.2, 0.25) is 0 Å². The molecular weight excluding hydrogens is 284 g/mol. The average Bonchev–Trinajstić information content (AvgIpc) is 2.98. The Morgan fingerprint density at radius 1 is 1.24 bits per heavy atom. The third-order valence-electron chi connectivity index (χ3n) is 2.97. The van der Waals surface area contributed by atoms with Crippen LogP contribution in [0.3, 0.4) is 0 Å². The van der Waals surface area contributed by atoms with Crippen LogP contribution in [-0.4, -0.2) is 18.3 Å². The maximum absolute atomic E-state index is 5.50. The molecule has 21 heavy (non-hydrogen) atoms. The van der Waals surface area contributed by atoms with Gasteiger partial charge in [-0.25, -0.2) is 0 Å². The van der Waals surface area contributed by atoms with Crippen LogP contribution in [0.2, 0.25) is 0 Å². The highest BCUT2D eigenvalue weighted by molar-refractivity contribution is 7.80. The molecule has 1 heterocycles.